The zero-order valence-electron chi connectivity index (χ0n) is 11.7. The lowest BCUT2D eigenvalue weighted by Crippen LogP contribution is -2.53. The van der Waals surface area contributed by atoms with Gasteiger partial charge in [0.1, 0.15) is 0 Å². The van der Waals surface area contributed by atoms with E-state index in [2.05, 4.69) is 5.32 Å². The van der Waals surface area contributed by atoms with Gasteiger partial charge in [-0.2, -0.15) is 0 Å². The zero-order chi connectivity index (χ0) is 14.9. The third kappa shape index (κ3) is 3.69. The fourth-order valence-electron chi connectivity index (χ4n) is 2.64. The van der Waals surface area contributed by atoms with Crippen molar-refractivity contribution in [2.24, 2.45) is 0 Å². The Hall–Kier alpha value is -1.15. The molecule has 3 atom stereocenters. The Morgan fingerprint density at radius 2 is 1.80 bits per heavy atom. The van der Waals surface area contributed by atoms with Gasteiger partial charge in [0.2, 0.25) is 0 Å². The van der Waals surface area contributed by atoms with Crippen molar-refractivity contribution in [2.45, 2.75) is 38.5 Å². The van der Waals surface area contributed by atoms with Gasteiger partial charge in [0, 0.05) is 19.1 Å². The first-order valence-corrected chi connectivity index (χ1v) is 8.54. The number of amides is 2. The lowest BCUT2D eigenvalue weighted by Gasteiger charge is -2.34. The predicted molar refractivity (Wildman–Crippen MR) is 71.8 cm³/mol. The van der Waals surface area contributed by atoms with Gasteiger partial charge in [0.05, 0.1) is 23.7 Å². The van der Waals surface area contributed by atoms with Crippen molar-refractivity contribution in [3.8, 4) is 0 Å². The molecule has 0 spiro atoms. The molecule has 8 heteroatoms. The highest BCUT2D eigenvalue weighted by Gasteiger charge is 2.33. The van der Waals surface area contributed by atoms with E-state index in [1.165, 1.54) is 4.90 Å². The maximum Gasteiger partial charge on any atom is 0.312 e. The summed E-state index contributed by atoms with van der Waals surface area (Å²) < 4.78 is 28.1. The Kier molecular flexibility index (Phi) is 4.33. The largest absolute Gasteiger partial charge is 0.372 e. The fourth-order valence-corrected chi connectivity index (χ4v) is 4.32. The number of nitrogens with one attached hydrogen (secondary N) is 1. The molecule has 7 nitrogen and oxygen atoms in total. The molecule has 2 aliphatic heterocycles. The summed E-state index contributed by atoms with van der Waals surface area (Å²) in [7, 11) is -3.07. The van der Waals surface area contributed by atoms with Crippen LogP contribution in [0.25, 0.3) is 0 Å². The first kappa shape index (κ1) is 15.2. The molecule has 0 saturated carbocycles. The molecule has 1 N–H and O–H groups in total. The summed E-state index contributed by atoms with van der Waals surface area (Å²) in [6.45, 7) is 4.44. The van der Waals surface area contributed by atoms with E-state index in [1.807, 2.05) is 13.8 Å². The molecule has 2 rings (SSSR count). The summed E-state index contributed by atoms with van der Waals surface area (Å²) in [6, 6.07) is -0.452. The van der Waals surface area contributed by atoms with Crippen LogP contribution in [-0.4, -0.2) is 68.0 Å². The van der Waals surface area contributed by atoms with Crippen LogP contribution in [0.4, 0.5) is 0 Å². The SMILES string of the molecule is CC1CN(C(=O)C(=O)NC2CCS(=O)(=O)C2)CC(C)O1. The van der Waals surface area contributed by atoms with Gasteiger partial charge < -0.3 is 15.0 Å². The molecule has 0 aromatic carbocycles. The van der Waals surface area contributed by atoms with Crippen LogP contribution in [0, 0.1) is 0 Å². The van der Waals surface area contributed by atoms with Gasteiger partial charge in [-0.15, -0.1) is 0 Å². The Balaban J connectivity index is 1.90. The van der Waals surface area contributed by atoms with Crippen molar-refractivity contribution >= 4 is 21.7 Å². The van der Waals surface area contributed by atoms with Gasteiger partial charge in [-0.25, -0.2) is 8.42 Å². The van der Waals surface area contributed by atoms with E-state index in [9.17, 15) is 18.0 Å². The van der Waals surface area contributed by atoms with Gasteiger partial charge in [-0.1, -0.05) is 0 Å². The topological polar surface area (TPSA) is 92.8 Å². The lowest BCUT2D eigenvalue weighted by molar-refractivity contribution is -0.153. The van der Waals surface area contributed by atoms with Crippen LogP contribution >= 0.6 is 0 Å². The van der Waals surface area contributed by atoms with E-state index in [0.29, 0.717) is 19.5 Å². The second-order valence-electron chi connectivity index (χ2n) is 5.54. The summed E-state index contributed by atoms with van der Waals surface area (Å²) in [4.78, 5) is 25.4. The van der Waals surface area contributed by atoms with Gasteiger partial charge in [0.25, 0.3) is 0 Å². The molecule has 3 unspecified atom stereocenters. The molecule has 0 radical (unpaired) electrons. The number of hydrogen-bond donors (Lipinski definition) is 1. The Morgan fingerprint density at radius 3 is 2.30 bits per heavy atom. The predicted octanol–water partition coefficient (Wildman–Crippen LogP) is -1.07. The average Bonchev–Trinajstić information content (AvgIpc) is 2.66. The first-order valence-electron chi connectivity index (χ1n) is 6.72. The summed E-state index contributed by atoms with van der Waals surface area (Å²) in [5, 5.41) is 2.51. The third-order valence-electron chi connectivity index (χ3n) is 3.47. The smallest absolute Gasteiger partial charge is 0.312 e. The van der Waals surface area contributed by atoms with E-state index in [0.717, 1.165) is 0 Å². The number of ether oxygens (including phenoxy) is 1. The monoisotopic (exact) mass is 304 g/mol. The summed E-state index contributed by atoms with van der Waals surface area (Å²) in [5.74, 6) is -1.36. The van der Waals surface area contributed by atoms with Crippen LogP contribution in [0.5, 0.6) is 0 Å². The van der Waals surface area contributed by atoms with E-state index in [4.69, 9.17) is 4.74 Å². The van der Waals surface area contributed by atoms with Crippen molar-refractivity contribution in [1.29, 1.82) is 0 Å². The highest BCUT2D eigenvalue weighted by molar-refractivity contribution is 7.91. The minimum absolute atomic E-state index is 0.0672. The van der Waals surface area contributed by atoms with Crippen molar-refractivity contribution < 1.29 is 22.7 Å². The fraction of sp³-hybridized carbons (Fsp3) is 0.833. The first-order chi connectivity index (χ1) is 9.27. The second-order valence-corrected chi connectivity index (χ2v) is 7.77. The number of rotatable bonds is 1. The zero-order valence-corrected chi connectivity index (χ0v) is 12.5. The molecule has 0 bridgehead atoms. The van der Waals surface area contributed by atoms with Gasteiger partial charge >= 0.3 is 11.8 Å². The molecular weight excluding hydrogens is 284 g/mol. The van der Waals surface area contributed by atoms with Gasteiger partial charge in [-0.3, -0.25) is 9.59 Å². The molecular formula is C12H20N2O5S. The van der Waals surface area contributed by atoms with E-state index >= 15 is 0 Å². The van der Waals surface area contributed by atoms with Crippen LogP contribution in [0.15, 0.2) is 0 Å². The molecule has 0 aromatic heterocycles. The van der Waals surface area contributed by atoms with Crippen molar-refractivity contribution in [2.75, 3.05) is 24.6 Å². The van der Waals surface area contributed by atoms with E-state index in [1.54, 1.807) is 0 Å². The summed E-state index contributed by atoms with van der Waals surface area (Å²) in [5.41, 5.74) is 0. The number of nitrogens with zero attached hydrogens (tertiary/aromatic N) is 1. The van der Waals surface area contributed by atoms with Crippen molar-refractivity contribution in [1.82, 2.24) is 10.2 Å². The standard InChI is InChI=1S/C12H20N2O5S/c1-8-5-14(6-9(2)19-8)12(16)11(15)13-10-3-4-20(17,18)7-10/h8-10H,3-7H2,1-2H3,(H,13,15). The molecule has 0 aliphatic carbocycles. The molecule has 0 aromatic rings. The molecule has 2 fully saturated rings. The normalized spacial score (nSPS) is 32.9. The Labute approximate surface area is 118 Å². The van der Waals surface area contributed by atoms with E-state index < -0.39 is 27.7 Å². The van der Waals surface area contributed by atoms with Crippen LogP contribution in [0.2, 0.25) is 0 Å². The number of carbonyl (C=O) groups is 2. The van der Waals surface area contributed by atoms with Crippen molar-refractivity contribution in [3.63, 3.8) is 0 Å². The van der Waals surface area contributed by atoms with Gasteiger partial charge in [0.15, 0.2) is 9.84 Å². The quantitative estimate of drug-likeness (QED) is 0.622. The van der Waals surface area contributed by atoms with Crippen LogP contribution in [0.3, 0.4) is 0 Å². The molecule has 2 heterocycles. The van der Waals surface area contributed by atoms with Gasteiger partial charge in [-0.05, 0) is 20.3 Å². The molecule has 2 saturated heterocycles. The number of hydrogen-bond acceptors (Lipinski definition) is 5. The minimum atomic E-state index is -3.07. The maximum absolute atomic E-state index is 12.0. The van der Waals surface area contributed by atoms with Crippen LogP contribution < -0.4 is 5.32 Å². The molecule has 114 valence electrons. The number of morpholine rings is 1. The second kappa shape index (κ2) is 5.69. The van der Waals surface area contributed by atoms with Crippen molar-refractivity contribution in [3.05, 3.63) is 0 Å². The van der Waals surface area contributed by atoms with Crippen LogP contribution in [0.1, 0.15) is 20.3 Å². The Morgan fingerprint density at radius 1 is 1.20 bits per heavy atom. The van der Waals surface area contributed by atoms with E-state index in [-0.39, 0.29) is 23.7 Å². The number of carbonyl (C=O) groups excluding carboxylic acids is 2. The third-order valence-corrected chi connectivity index (χ3v) is 5.24. The Bertz CT molecular complexity index is 494. The maximum atomic E-state index is 12.0. The minimum Gasteiger partial charge on any atom is -0.372 e. The summed E-state index contributed by atoms with van der Waals surface area (Å²) >= 11 is 0. The molecule has 2 amide bonds. The highest BCUT2D eigenvalue weighted by Crippen LogP contribution is 2.13. The molecule has 2 aliphatic rings. The number of sulfone groups is 1. The lowest BCUT2D eigenvalue weighted by atomic mass is 10.2. The summed E-state index contributed by atoms with van der Waals surface area (Å²) in [6.07, 6.45) is 0.154. The average molecular weight is 304 g/mol. The highest BCUT2D eigenvalue weighted by atomic mass is 32.2. The molecule has 20 heavy (non-hydrogen) atoms. The van der Waals surface area contributed by atoms with Crippen LogP contribution in [-0.2, 0) is 24.2 Å².